The minimum absolute atomic E-state index is 0.206. The fourth-order valence-electron chi connectivity index (χ4n) is 5.20. The fourth-order valence-corrected chi connectivity index (χ4v) is 5.40. The Bertz CT molecular complexity index is 1790. The van der Waals surface area contributed by atoms with Gasteiger partial charge in [0.05, 0.1) is 16.6 Å². The minimum atomic E-state index is -0.657. The maximum atomic E-state index is 13.8. The van der Waals surface area contributed by atoms with Crippen molar-refractivity contribution in [2.24, 2.45) is 0 Å². The van der Waals surface area contributed by atoms with E-state index in [-0.39, 0.29) is 35.5 Å². The van der Waals surface area contributed by atoms with Crippen LogP contribution in [0, 0.1) is 6.92 Å². The van der Waals surface area contributed by atoms with E-state index in [0.717, 1.165) is 41.4 Å². The van der Waals surface area contributed by atoms with Crippen molar-refractivity contribution in [3.05, 3.63) is 121 Å². The van der Waals surface area contributed by atoms with Crippen molar-refractivity contribution in [1.29, 1.82) is 0 Å². The van der Waals surface area contributed by atoms with Crippen molar-refractivity contribution in [2.45, 2.75) is 52.1 Å². The van der Waals surface area contributed by atoms with Gasteiger partial charge < -0.3 is 10.6 Å². The van der Waals surface area contributed by atoms with E-state index in [9.17, 15) is 19.2 Å². The van der Waals surface area contributed by atoms with Gasteiger partial charge in [0.25, 0.3) is 11.5 Å². The van der Waals surface area contributed by atoms with E-state index >= 15 is 0 Å². The number of carbonyl (C=O) groups is 2. The summed E-state index contributed by atoms with van der Waals surface area (Å²) in [6.45, 7) is 2.28. The smallest absolute Gasteiger partial charge is 0.336 e. The molecule has 5 rings (SSSR count). The third kappa shape index (κ3) is 6.55. The summed E-state index contributed by atoms with van der Waals surface area (Å²) in [7, 11) is 0. The Morgan fingerprint density at radius 3 is 2.48 bits per heavy atom. The van der Waals surface area contributed by atoms with Crippen molar-refractivity contribution >= 4 is 34.3 Å². The Balaban J connectivity index is 1.48. The lowest BCUT2D eigenvalue weighted by Gasteiger charge is -2.16. The normalized spacial score (nSPS) is 13.0. The van der Waals surface area contributed by atoms with Gasteiger partial charge in [-0.1, -0.05) is 59.1 Å². The van der Waals surface area contributed by atoms with Gasteiger partial charge in [-0.2, -0.15) is 0 Å². The first-order valence-corrected chi connectivity index (χ1v) is 14.5. The van der Waals surface area contributed by atoms with Gasteiger partial charge in [-0.05, 0) is 81.0 Å². The Kier molecular flexibility index (Phi) is 9.03. The summed E-state index contributed by atoms with van der Waals surface area (Å²) < 4.78 is 2.33. The lowest BCUT2D eigenvalue weighted by molar-refractivity contribution is -0.121. The van der Waals surface area contributed by atoms with E-state index in [2.05, 4.69) is 16.7 Å². The molecule has 0 atom stereocenters. The number of carbonyl (C=O) groups excluding carboxylic acids is 2. The van der Waals surface area contributed by atoms with Gasteiger partial charge in [-0.3, -0.25) is 19.0 Å². The van der Waals surface area contributed by atoms with Crippen LogP contribution in [0.5, 0.6) is 0 Å². The van der Waals surface area contributed by atoms with Crippen LogP contribution in [-0.2, 0) is 17.9 Å². The van der Waals surface area contributed by atoms with E-state index < -0.39 is 17.2 Å². The number of allylic oxidation sites excluding steroid dienone is 1. The van der Waals surface area contributed by atoms with E-state index in [1.54, 1.807) is 18.2 Å². The first kappa shape index (κ1) is 29.1. The Labute approximate surface area is 248 Å². The van der Waals surface area contributed by atoms with E-state index in [4.69, 9.17) is 11.6 Å². The van der Waals surface area contributed by atoms with Crippen LogP contribution >= 0.6 is 11.6 Å². The molecule has 2 N–H and O–H groups in total. The molecule has 1 heterocycles. The predicted molar refractivity (Wildman–Crippen MR) is 165 cm³/mol. The third-order valence-electron chi connectivity index (χ3n) is 7.55. The van der Waals surface area contributed by atoms with Crippen LogP contribution in [0.3, 0.4) is 0 Å². The molecule has 0 radical (unpaired) electrons. The van der Waals surface area contributed by atoms with Crippen molar-refractivity contribution in [3.8, 4) is 5.69 Å². The zero-order valence-electron chi connectivity index (χ0n) is 23.5. The number of nitrogens with one attached hydrogen (secondary N) is 2. The summed E-state index contributed by atoms with van der Waals surface area (Å²) in [6, 6.07) is 18.8. The van der Waals surface area contributed by atoms with Crippen LogP contribution in [0.15, 0.2) is 88.0 Å². The molecule has 0 aliphatic heterocycles. The molecule has 1 aliphatic rings. The molecule has 1 aliphatic carbocycles. The molecular formula is C33H33ClN4O4. The summed E-state index contributed by atoms with van der Waals surface area (Å²) in [5.74, 6) is -0.749. The van der Waals surface area contributed by atoms with Gasteiger partial charge in [0, 0.05) is 23.7 Å². The molecule has 3 aromatic carbocycles. The molecule has 0 fully saturated rings. The topological polar surface area (TPSA) is 102 Å². The number of aromatic nitrogens is 2. The van der Waals surface area contributed by atoms with Crippen LogP contribution < -0.4 is 21.9 Å². The summed E-state index contributed by atoms with van der Waals surface area (Å²) in [4.78, 5) is 53.5. The van der Waals surface area contributed by atoms with Crippen LogP contribution in [0.2, 0.25) is 5.02 Å². The number of aryl methyl sites for hydroxylation is 1. The monoisotopic (exact) mass is 584 g/mol. The Hall–Kier alpha value is -4.43. The van der Waals surface area contributed by atoms with E-state index in [1.807, 2.05) is 37.3 Å². The highest BCUT2D eigenvalue weighted by molar-refractivity contribution is 6.31. The highest BCUT2D eigenvalue weighted by Crippen LogP contribution is 2.20. The molecule has 8 nitrogen and oxygen atoms in total. The summed E-state index contributed by atoms with van der Waals surface area (Å²) >= 11 is 6.22. The van der Waals surface area contributed by atoms with Gasteiger partial charge in [0.15, 0.2) is 0 Å². The van der Waals surface area contributed by atoms with Crippen molar-refractivity contribution in [1.82, 2.24) is 19.8 Å². The lowest BCUT2D eigenvalue weighted by Crippen LogP contribution is -2.42. The number of fused-ring (bicyclic) bond motifs is 1. The quantitative estimate of drug-likeness (QED) is 0.269. The van der Waals surface area contributed by atoms with Crippen LogP contribution in [0.4, 0.5) is 0 Å². The average molecular weight is 585 g/mol. The van der Waals surface area contributed by atoms with Gasteiger partial charge in [0.1, 0.15) is 6.54 Å². The molecule has 1 aromatic heterocycles. The largest absolute Gasteiger partial charge is 0.354 e. The molecule has 9 heteroatoms. The van der Waals surface area contributed by atoms with Crippen molar-refractivity contribution in [3.63, 3.8) is 0 Å². The summed E-state index contributed by atoms with van der Waals surface area (Å²) in [5.41, 5.74) is 2.75. The SMILES string of the molecule is Cc1ccc(-n2c(=O)c3ccc(C(=O)NCc4ccccc4Cl)cc3n(CC(=O)NCCC3=CCCCC3)c2=O)cc1. The van der Waals surface area contributed by atoms with Gasteiger partial charge in [-0.15, -0.1) is 0 Å². The number of amides is 2. The Morgan fingerprint density at radius 2 is 1.74 bits per heavy atom. The summed E-state index contributed by atoms with van der Waals surface area (Å²) in [6.07, 6.45) is 7.48. The molecule has 42 heavy (non-hydrogen) atoms. The Morgan fingerprint density at radius 1 is 0.952 bits per heavy atom. The number of nitrogens with zero attached hydrogens (tertiary/aromatic N) is 2. The molecule has 216 valence electrons. The molecular weight excluding hydrogens is 552 g/mol. The van der Waals surface area contributed by atoms with Crippen molar-refractivity contribution in [2.75, 3.05) is 6.54 Å². The molecule has 4 aromatic rings. The zero-order valence-corrected chi connectivity index (χ0v) is 24.2. The van der Waals surface area contributed by atoms with Crippen molar-refractivity contribution < 1.29 is 9.59 Å². The van der Waals surface area contributed by atoms with Gasteiger partial charge in [-0.25, -0.2) is 9.36 Å². The second-order valence-electron chi connectivity index (χ2n) is 10.6. The maximum absolute atomic E-state index is 13.8. The zero-order chi connectivity index (χ0) is 29.6. The number of hydrogen-bond donors (Lipinski definition) is 2. The van der Waals surface area contributed by atoms with Gasteiger partial charge in [0.2, 0.25) is 5.91 Å². The van der Waals surface area contributed by atoms with Crippen LogP contribution in [0.1, 0.15) is 53.6 Å². The molecule has 0 bridgehead atoms. The number of halogens is 1. The summed E-state index contributed by atoms with van der Waals surface area (Å²) in [5, 5.41) is 6.50. The molecule has 0 saturated carbocycles. The average Bonchev–Trinajstić information content (AvgIpc) is 3.00. The number of benzene rings is 3. The van der Waals surface area contributed by atoms with Gasteiger partial charge >= 0.3 is 5.69 Å². The highest BCUT2D eigenvalue weighted by Gasteiger charge is 2.19. The molecule has 0 spiro atoms. The van der Waals surface area contributed by atoms with Crippen LogP contribution in [0.25, 0.3) is 16.6 Å². The second-order valence-corrected chi connectivity index (χ2v) is 11.0. The first-order valence-electron chi connectivity index (χ1n) is 14.1. The lowest BCUT2D eigenvalue weighted by atomic mass is 9.97. The number of rotatable bonds is 9. The molecule has 0 saturated heterocycles. The predicted octanol–water partition coefficient (Wildman–Crippen LogP) is 5.05. The minimum Gasteiger partial charge on any atom is -0.354 e. The molecule has 0 unspecified atom stereocenters. The van der Waals surface area contributed by atoms with E-state index in [1.165, 1.54) is 34.8 Å². The van der Waals surface area contributed by atoms with E-state index in [0.29, 0.717) is 17.3 Å². The maximum Gasteiger partial charge on any atom is 0.336 e. The standard InChI is InChI=1S/C33H33ClN4O4/c1-22-11-14-26(15-12-22)38-32(41)27-16-13-24(31(40)36-20-25-9-5-6-10-28(25)34)19-29(27)37(33(38)42)21-30(39)35-18-17-23-7-3-2-4-8-23/h5-7,9-16,19H,2-4,8,17-18,20-21H2,1H3,(H,35,39)(H,36,40). The first-order chi connectivity index (χ1) is 20.3. The second kappa shape index (κ2) is 13.0. The molecule has 2 amide bonds. The third-order valence-corrected chi connectivity index (χ3v) is 7.92. The fraction of sp³-hybridized carbons (Fsp3) is 0.273. The van der Waals surface area contributed by atoms with Crippen LogP contribution in [-0.4, -0.2) is 27.5 Å². The number of hydrogen-bond acceptors (Lipinski definition) is 4. The highest BCUT2D eigenvalue weighted by atomic mass is 35.5.